The molecule has 0 unspecified atom stereocenters. The number of nitrogens with one attached hydrogen (secondary N) is 1. The predicted molar refractivity (Wildman–Crippen MR) is 68.9 cm³/mol. The van der Waals surface area contributed by atoms with E-state index in [0.29, 0.717) is 0 Å². The van der Waals surface area contributed by atoms with Gasteiger partial charge >= 0.3 is 0 Å². The van der Waals surface area contributed by atoms with Crippen molar-refractivity contribution in [2.24, 2.45) is 5.73 Å². The van der Waals surface area contributed by atoms with Crippen molar-refractivity contribution in [1.82, 2.24) is 9.97 Å². The number of aromatic nitrogens is 2. The molecule has 0 aromatic carbocycles. The van der Waals surface area contributed by atoms with E-state index in [-0.39, 0.29) is 0 Å². The van der Waals surface area contributed by atoms with Crippen molar-refractivity contribution in [2.75, 3.05) is 0 Å². The summed E-state index contributed by atoms with van der Waals surface area (Å²) >= 11 is 3.47. The van der Waals surface area contributed by atoms with Crippen LogP contribution in [-0.4, -0.2) is 15.5 Å². The Morgan fingerprint density at radius 1 is 1.44 bits per heavy atom. The molecule has 0 aliphatic carbocycles. The van der Waals surface area contributed by atoms with Gasteiger partial charge in [-0.15, -0.1) is 0 Å². The van der Waals surface area contributed by atoms with Crippen LogP contribution in [0.15, 0.2) is 23.1 Å². The van der Waals surface area contributed by atoms with Crippen LogP contribution in [0.4, 0.5) is 0 Å². The first-order chi connectivity index (χ1) is 7.47. The maximum atomic E-state index is 5.83. The zero-order chi connectivity index (χ0) is 11.8. The van der Waals surface area contributed by atoms with Gasteiger partial charge in [0.1, 0.15) is 0 Å². The molecular weight excluding hydrogens is 266 g/mol. The van der Waals surface area contributed by atoms with E-state index in [2.05, 4.69) is 37.7 Å². The molecule has 2 aromatic rings. The fraction of sp³-hybridized carbons (Fsp3) is 0.250. The second-order valence-corrected chi connectivity index (χ2v) is 5.07. The average molecular weight is 278 g/mol. The molecule has 0 atom stereocenters. The summed E-state index contributed by atoms with van der Waals surface area (Å²) in [6.07, 6.45) is 5.41. The molecule has 16 heavy (non-hydrogen) atoms. The van der Waals surface area contributed by atoms with Gasteiger partial charge in [-0.2, -0.15) is 0 Å². The molecule has 2 aromatic heterocycles. The van der Waals surface area contributed by atoms with Crippen molar-refractivity contribution < 1.29 is 0 Å². The number of fused-ring (bicyclic) bond motifs is 1. The molecule has 0 amide bonds. The zero-order valence-electron chi connectivity index (χ0n) is 9.13. The third-order valence-corrected chi connectivity index (χ3v) is 2.66. The lowest BCUT2D eigenvalue weighted by molar-refractivity contribution is 0.680. The smallest absolute Gasteiger partial charge is 0.0722 e. The van der Waals surface area contributed by atoms with E-state index in [1.165, 1.54) is 0 Å². The summed E-state index contributed by atoms with van der Waals surface area (Å²) in [5.74, 6) is 6.09. The molecule has 0 spiro atoms. The van der Waals surface area contributed by atoms with Crippen molar-refractivity contribution in [2.45, 2.75) is 19.4 Å². The first-order valence-electron chi connectivity index (χ1n) is 4.90. The number of hydrogen-bond acceptors (Lipinski definition) is 2. The lowest BCUT2D eigenvalue weighted by atomic mass is 10.1. The van der Waals surface area contributed by atoms with Gasteiger partial charge in [-0.1, -0.05) is 11.8 Å². The van der Waals surface area contributed by atoms with Crippen LogP contribution in [0.3, 0.4) is 0 Å². The molecule has 0 aliphatic rings. The summed E-state index contributed by atoms with van der Waals surface area (Å²) in [6.45, 7) is 3.76. The third kappa shape index (κ3) is 2.26. The number of rotatable bonds is 0. The van der Waals surface area contributed by atoms with Crippen LogP contribution >= 0.6 is 15.9 Å². The number of halogens is 1. The maximum Gasteiger partial charge on any atom is 0.0722 e. The first kappa shape index (κ1) is 11.2. The Bertz CT molecular complexity index is 582. The van der Waals surface area contributed by atoms with E-state index in [4.69, 9.17) is 5.73 Å². The Kier molecular flexibility index (Phi) is 2.75. The summed E-state index contributed by atoms with van der Waals surface area (Å²) in [5, 5.41) is 1.05. The molecule has 0 aliphatic heterocycles. The highest BCUT2D eigenvalue weighted by Gasteiger charge is 2.07. The minimum absolute atomic E-state index is 0.483. The molecule has 0 bridgehead atoms. The second-order valence-electron chi connectivity index (χ2n) is 4.22. The Hall–Kier alpha value is -1.31. The van der Waals surface area contributed by atoms with Crippen molar-refractivity contribution in [3.8, 4) is 11.8 Å². The van der Waals surface area contributed by atoms with Crippen LogP contribution < -0.4 is 5.73 Å². The molecule has 0 fully saturated rings. The predicted octanol–water partition coefficient (Wildman–Crippen LogP) is 2.41. The number of aromatic amines is 1. The van der Waals surface area contributed by atoms with Gasteiger partial charge in [0.15, 0.2) is 0 Å². The molecule has 4 heteroatoms. The summed E-state index contributed by atoms with van der Waals surface area (Å²) in [5.41, 5.74) is 7.24. The lowest BCUT2D eigenvalue weighted by Crippen LogP contribution is -2.29. The van der Waals surface area contributed by atoms with Crippen LogP contribution in [0.25, 0.3) is 10.9 Å². The van der Waals surface area contributed by atoms with Crippen LogP contribution in [0.5, 0.6) is 0 Å². The summed E-state index contributed by atoms with van der Waals surface area (Å²) in [4.78, 5) is 7.21. The van der Waals surface area contributed by atoms with Crippen LogP contribution in [0.1, 0.15) is 19.4 Å². The summed E-state index contributed by atoms with van der Waals surface area (Å²) < 4.78 is 0.936. The van der Waals surface area contributed by atoms with Crippen molar-refractivity contribution in [3.05, 3.63) is 28.6 Å². The number of nitrogens with two attached hydrogens (primary N) is 1. The normalized spacial score (nSPS) is 11.2. The average Bonchev–Trinajstić information content (AvgIpc) is 2.58. The zero-order valence-corrected chi connectivity index (χ0v) is 10.7. The Labute approximate surface area is 103 Å². The number of H-pyrrole nitrogens is 1. The molecule has 3 N–H and O–H groups in total. The van der Waals surface area contributed by atoms with Gasteiger partial charge < -0.3 is 10.7 Å². The maximum absolute atomic E-state index is 5.83. The highest BCUT2D eigenvalue weighted by atomic mass is 79.9. The van der Waals surface area contributed by atoms with Crippen molar-refractivity contribution in [3.63, 3.8) is 0 Å². The van der Waals surface area contributed by atoms with Gasteiger partial charge in [-0.05, 0) is 29.8 Å². The molecule has 82 valence electrons. The SMILES string of the molecule is CC(C)(N)C#Cc1c[nH]c2cncc(Br)c12. The minimum Gasteiger partial charge on any atom is -0.359 e. The van der Waals surface area contributed by atoms with Crippen LogP contribution in [-0.2, 0) is 0 Å². The van der Waals surface area contributed by atoms with E-state index in [0.717, 1.165) is 20.9 Å². The van der Waals surface area contributed by atoms with Gasteiger partial charge in [0.2, 0.25) is 0 Å². The fourth-order valence-electron chi connectivity index (χ4n) is 1.37. The molecule has 2 rings (SSSR count). The minimum atomic E-state index is -0.483. The van der Waals surface area contributed by atoms with Gasteiger partial charge in [-0.25, -0.2) is 0 Å². The Balaban J connectivity index is 2.57. The monoisotopic (exact) mass is 277 g/mol. The quantitative estimate of drug-likeness (QED) is 0.727. The number of hydrogen-bond donors (Lipinski definition) is 2. The topological polar surface area (TPSA) is 54.7 Å². The first-order valence-corrected chi connectivity index (χ1v) is 5.69. The number of nitrogens with zero attached hydrogens (tertiary/aromatic N) is 1. The lowest BCUT2D eigenvalue weighted by Gasteiger charge is -2.07. The Morgan fingerprint density at radius 3 is 2.88 bits per heavy atom. The van der Waals surface area contributed by atoms with Gasteiger partial charge in [0.25, 0.3) is 0 Å². The van der Waals surface area contributed by atoms with E-state index in [9.17, 15) is 0 Å². The van der Waals surface area contributed by atoms with E-state index < -0.39 is 5.54 Å². The number of pyridine rings is 1. The van der Waals surface area contributed by atoms with Crippen molar-refractivity contribution in [1.29, 1.82) is 0 Å². The van der Waals surface area contributed by atoms with E-state index >= 15 is 0 Å². The van der Waals surface area contributed by atoms with Crippen molar-refractivity contribution >= 4 is 26.8 Å². The standard InChI is InChI=1S/C12H12BrN3/c1-12(2,14)4-3-8-5-16-10-7-15-6-9(13)11(8)10/h5-7,16H,14H2,1-2H3. The highest BCUT2D eigenvalue weighted by molar-refractivity contribution is 9.10. The Morgan fingerprint density at radius 2 is 2.19 bits per heavy atom. The molecule has 3 nitrogen and oxygen atoms in total. The summed E-state index contributed by atoms with van der Waals surface area (Å²) in [6, 6.07) is 0. The summed E-state index contributed by atoms with van der Waals surface area (Å²) in [7, 11) is 0. The van der Waals surface area contributed by atoms with Crippen LogP contribution in [0, 0.1) is 11.8 Å². The third-order valence-electron chi connectivity index (χ3n) is 2.06. The van der Waals surface area contributed by atoms with Crippen LogP contribution in [0.2, 0.25) is 0 Å². The van der Waals surface area contributed by atoms with Gasteiger partial charge in [0.05, 0.1) is 22.8 Å². The molecule has 0 saturated carbocycles. The highest BCUT2D eigenvalue weighted by Crippen LogP contribution is 2.25. The largest absolute Gasteiger partial charge is 0.359 e. The molecule has 2 heterocycles. The fourth-order valence-corrected chi connectivity index (χ4v) is 1.91. The molecular formula is C12H12BrN3. The molecule has 0 saturated heterocycles. The van der Waals surface area contributed by atoms with E-state index in [1.807, 2.05) is 20.0 Å². The second kappa shape index (κ2) is 3.93. The van der Waals surface area contributed by atoms with Gasteiger partial charge in [-0.3, -0.25) is 4.98 Å². The van der Waals surface area contributed by atoms with Gasteiger partial charge in [0, 0.05) is 22.3 Å². The van der Waals surface area contributed by atoms with E-state index in [1.54, 1.807) is 12.4 Å². The molecule has 0 radical (unpaired) electrons.